The summed E-state index contributed by atoms with van der Waals surface area (Å²) >= 11 is 0. The fourth-order valence-corrected chi connectivity index (χ4v) is 5.23. The Morgan fingerprint density at radius 1 is 1.11 bits per heavy atom. The molecule has 0 bridgehead atoms. The molecule has 1 aromatic carbocycles. The highest BCUT2D eigenvalue weighted by Gasteiger charge is 2.39. The molecular formula is C18H20F2N2O5S. The average molecular weight is 414 g/mol. The molecule has 4 rings (SSSR count). The summed E-state index contributed by atoms with van der Waals surface area (Å²) in [6, 6.07) is 4.93. The highest BCUT2D eigenvalue weighted by Crippen LogP contribution is 2.31. The van der Waals surface area contributed by atoms with E-state index in [1.165, 1.54) is 28.6 Å². The topological polar surface area (TPSA) is 76.2 Å². The van der Waals surface area contributed by atoms with Crippen molar-refractivity contribution in [2.45, 2.75) is 17.9 Å². The number of carbonyl (C=O) groups excluding carboxylic acids is 1. The number of amides is 1. The van der Waals surface area contributed by atoms with Crippen molar-refractivity contribution in [2.75, 3.05) is 39.4 Å². The lowest BCUT2D eigenvalue weighted by atomic mass is 10.1. The lowest BCUT2D eigenvalue weighted by Crippen LogP contribution is -2.39. The van der Waals surface area contributed by atoms with Crippen molar-refractivity contribution in [3.63, 3.8) is 0 Å². The molecule has 28 heavy (non-hydrogen) atoms. The van der Waals surface area contributed by atoms with E-state index in [0.717, 1.165) is 17.6 Å². The first-order chi connectivity index (χ1) is 13.3. The Morgan fingerprint density at radius 3 is 2.29 bits per heavy atom. The van der Waals surface area contributed by atoms with Crippen molar-refractivity contribution in [1.29, 1.82) is 0 Å². The Bertz CT molecular complexity index is 877. The van der Waals surface area contributed by atoms with Crippen LogP contribution in [-0.2, 0) is 19.6 Å². The number of sulfonamides is 1. The molecule has 7 nitrogen and oxygen atoms in total. The number of halogens is 2. The van der Waals surface area contributed by atoms with Gasteiger partial charge in [0.1, 0.15) is 5.75 Å². The van der Waals surface area contributed by atoms with Crippen molar-refractivity contribution in [3.05, 3.63) is 35.4 Å². The summed E-state index contributed by atoms with van der Waals surface area (Å²) in [5.74, 6) is -0.134. The Kier molecular flexibility index (Phi) is 5.11. The van der Waals surface area contributed by atoms with Gasteiger partial charge in [0.25, 0.3) is 0 Å². The van der Waals surface area contributed by atoms with Crippen molar-refractivity contribution >= 4 is 15.9 Å². The molecule has 0 radical (unpaired) electrons. The van der Waals surface area contributed by atoms with E-state index in [2.05, 4.69) is 4.74 Å². The van der Waals surface area contributed by atoms with Crippen LogP contribution >= 0.6 is 0 Å². The maximum Gasteiger partial charge on any atom is 0.387 e. The molecule has 3 aliphatic heterocycles. The van der Waals surface area contributed by atoms with Crippen LogP contribution < -0.4 is 4.74 Å². The first-order valence-electron chi connectivity index (χ1n) is 8.96. The molecule has 1 atom stereocenters. The number of nitrogens with zero attached hydrogens (tertiary/aromatic N) is 2. The SMILES string of the molecule is O=C(C1CCOC1)N1CC2=C(C1)CN(S(=O)(=O)c1ccc(OC(F)F)cc1)C2. The molecule has 10 heteroatoms. The zero-order valence-corrected chi connectivity index (χ0v) is 15.8. The van der Waals surface area contributed by atoms with Crippen molar-refractivity contribution in [2.24, 2.45) is 5.92 Å². The van der Waals surface area contributed by atoms with Crippen LogP contribution in [0.4, 0.5) is 8.78 Å². The summed E-state index contributed by atoms with van der Waals surface area (Å²) in [6.07, 6.45) is 0.728. The van der Waals surface area contributed by atoms with Gasteiger partial charge in [0.15, 0.2) is 0 Å². The molecule has 0 aromatic heterocycles. The average Bonchev–Trinajstić information content (AvgIpc) is 3.37. The van der Waals surface area contributed by atoms with E-state index >= 15 is 0 Å². The van der Waals surface area contributed by atoms with Gasteiger partial charge in [0.2, 0.25) is 15.9 Å². The van der Waals surface area contributed by atoms with Crippen LogP contribution in [0.5, 0.6) is 5.75 Å². The minimum Gasteiger partial charge on any atom is -0.435 e. The molecule has 152 valence electrons. The third kappa shape index (κ3) is 3.63. The number of benzene rings is 1. The van der Waals surface area contributed by atoms with E-state index in [0.29, 0.717) is 26.3 Å². The van der Waals surface area contributed by atoms with Gasteiger partial charge in [-0.05, 0) is 41.8 Å². The van der Waals surface area contributed by atoms with Crippen molar-refractivity contribution in [1.82, 2.24) is 9.21 Å². The molecule has 1 unspecified atom stereocenters. The molecule has 1 fully saturated rings. The molecule has 1 aromatic rings. The van der Waals surface area contributed by atoms with Gasteiger partial charge in [-0.25, -0.2) is 8.42 Å². The minimum atomic E-state index is -3.75. The third-order valence-electron chi connectivity index (χ3n) is 5.28. The molecule has 0 saturated carbocycles. The second-order valence-corrected chi connectivity index (χ2v) is 9.02. The van der Waals surface area contributed by atoms with Gasteiger partial charge in [0, 0.05) is 32.8 Å². The fourth-order valence-electron chi connectivity index (χ4n) is 3.80. The Morgan fingerprint density at radius 2 is 1.75 bits per heavy atom. The summed E-state index contributed by atoms with van der Waals surface area (Å²) in [5, 5.41) is 0. The summed E-state index contributed by atoms with van der Waals surface area (Å²) in [4.78, 5) is 14.3. The summed E-state index contributed by atoms with van der Waals surface area (Å²) in [6.45, 7) is -0.559. The predicted octanol–water partition coefficient (Wildman–Crippen LogP) is 1.47. The standard InChI is InChI=1S/C18H20F2N2O5S/c19-18(20)27-15-1-3-16(4-2-15)28(24,25)22-9-13-7-21(8-14(13)10-22)17(23)12-5-6-26-11-12/h1-4,12,18H,5-11H2. The number of ether oxygens (including phenoxy) is 2. The van der Waals surface area contributed by atoms with Crippen LogP contribution in [0.2, 0.25) is 0 Å². The highest BCUT2D eigenvalue weighted by atomic mass is 32.2. The third-order valence-corrected chi connectivity index (χ3v) is 7.08. The van der Waals surface area contributed by atoms with E-state index in [4.69, 9.17) is 4.74 Å². The summed E-state index contributed by atoms with van der Waals surface area (Å²) in [5.41, 5.74) is 1.90. The molecule has 0 spiro atoms. The molecule has 0 N–H and O–H groups in total. The second kappa shape index (κ2) is 7.41. The molecule has 3 heterocycles. The largest absolute Gasteiger partial charge is 0.435 e. The molecule has 1 amide bonds. The first kappa shape index (κ1) is 19.3. The molecular weight excluding hydrogens is 394 g/mol. The van der Waals surface area contributed by atoms with E-state index in [9.17, 15) is 22.0 Å². The highest BCUT2D eigenvalue weighted by molar-refractivity contribution is 7.89. The number of rotatable bonds is 5. The van der Waals surface area contributed by atoms with Gasteiger partial charge in [-0.1, -0.05) is 0 Å². The predicted molar refractivity (Wildman–Crippen MR) is 94.4 cm³/mol. The molecule has 3 aliphatic rings. The molecule has 0 aliphatic carbocycles. The van der Waals surface area contributed by atoms with Crippen LogP contribution in [-0.4, -0.2) is 69.5 Å². The monoisotopic (exact) mass is 414 g/mol. The zero-order valence-electron chi connectivity index (χ0n) is 15.0. The summed E-state index contributed by atoms with van der Waals surface area (Å²) < 4.78 is 61.0. The van der Waals surface area contributed by atoms with E-state index in [-0.39, 0.29) is 35.6 Å². The van der Waals surface area contributed by atoms with Crippen LogP contribution in [0, 0.1) is 5.92 Å². The minimum absolute atomic E-state index is 0.0197. The first-order valence-corrected chi connectivity index (χ1v) is 10.4. The van der Waals surface area contributed by atoms with Gasteiger partial charge < -0.3 is 14.4 Å². The fraction of sp³-hybridized carbons (Fsp3) is 0.500. The number of carbonyl (C=O) groups is 1. The van der Waals surface area contributed by atoms with Crippen LogP contribution in [0.3, 0.4) is 0 Å². The Labute approximate surface area is 161 Å². The van der Waals surface area contributed by atoms with Crippen LogP contribution in [0.15, 0.2) is 40.3 Å². The van der Waals surface area contributed by atoms with Gasteiger partial charge in [0.05, 0.1) is 17.4 Å². The lowest BCUT2D eigenvalue weighted by molar-refractivity contribution is -0.134. The van der Waals surface area contributed by atoms with Gasteiger partial charge in [-0.3, -0.25) is 4.79 Å². The maximum absolute atomic E-state index is 12.8. The van der Waals surface area contributed by atoms with Gasteiger partial charge in [-0.2, -0.15) is 13.1 Å². The Hall–Kier alpha value is -2.04. The Balaban J connectivity index is 1.39. The summed E-state index contributed by atoms with van der Waals surface area (Å²) in [7, 11) is -3.75. The van der Waals surface area contributed by atoms with Crippen LogP contribution in [0.25, 0.3) is 0 Å². The van der Waals surface area contributed by atoms with Gasteiger partial charge in [-0.15, -0.1) is 0 Å². The number of hydrogen-bond acceptors (Lipinski definition) is 5. The zero-order chi connectivity index (χ0) is 19.9. The maximum atomic E-state index is 12.8. The van der Waals surface area contributed by atoms with Gasteiger partial charge >= 0.3 is 6.61 Å². The van der Waals surface area contributed by atoms with E-state index < -0.39 is 16.6 Å². The van der Waals surface area contributed by atoms with E-state index in [1.54, 1.807) is 4.90 Å². The van der Waals surface area contributed by atoms with Crippen LogP contribution in [0.1, 0.15) is 6.42 Å². The second-order valence-electron chi connectivity index (χ2n) is 7.08. The van der Waals surface area contributed by atoms with Crippen molar-refractivity contribution < 1.29 is 31.5 Å². The smallest absolute Gasteiger partial charge is 0.387 e. The van der Waals surface area contributed by atoms with E-state index in [1.807, 2.05) is 0 Å². The van der Waals surface area contributed by atoms with Crippen molar-refractivity contribution in [3.8, 4) is 5.75 Å². The lowest BCUT2D eigenvalue weighted by Gasteiger charge is -2.24. The number of alkyl halides is 2. The normalized spacial score (nSPS) is 23.0. The molecule has 1 saturated heterocycles. The number of hydrogen-bond donors (Lipinski definition) is 0. The quantitative estimate of drug-likeness (QED) is 0.682.